The number of carbonyl (C=O) groups is 1. The molecule has 3 aromatic heterocycles. The first-order valence-electron chi connectivity index (χ1n) is 13.3. The molecular formula is C29H28F2N6O5S. The van der Waals surface area contributed by atoms with E-state index in [0.29, 0.717) is 0 Å². The number of anilines is 1. The number of hydrogen-bond donors (Lipinski definition) is 1. The van der Waals surface area contributed by atoms with Gasteiger partial charge in [-0.25, -0.2) is 36.5 Å². The van der Waals surface area contributed by atoms with Gasteiger partial charge in [-0.2, -0.15) is 4.98 Å². The molecular weight excluding hydrogens is 582 g/mol. The van der Waals surface area contributed by atoms with E-state index in [-0.39, 0.29) is 54.1 Å². The summed E-state index contributed by atoms with van der Waals surface area (Å²) in [6, 6.07) is 6.83. The van der Waals surface area contributed by atoms with Crippen molar-refractivity contribution in [2.45, 2.75) is 37.1 Å². The SMILES string of the molecule is C=CC(=O)N1CCN(c2nc(=O)n(-c3cccnc3S(=O)(=O)C(C)C)c3nc(-c4c(O)cccc4F)c(F)cc23)[C@@H](C)C1. The number of aromatic nitrogens is 4. The highest BCUT2D eigenvalue weighted by Crippen LogP contribution is 2.36. The van der Waals surface area contributed by atoms with Crippen LogP contribution < -0.4 is 10.6 Å². The normalized spacial score (nSPS) is 15.7. The van der Waals surface area contributed by atoms with E-state index in [1.165, 1.54) is 44.3 Å². The van der Waals surface area contributed by atoms with Gasteiger partial charge in [0.1, 0.15) is 23.1 Å². The maximum atomic E-state index is 15.8. The number of nitrogens with zero attached hydrogens (tertiary/aromatic N) is 6. The van der Waals surface area contributed by atoms with Gasteiger partial charge in [-0.1, -0.05) is 12.6 Å². The summed E-state index contributed by atoms with van der Waals surface area (Å²) in [4.78, 5) is 41.9. The number of amides is 1. The molecule has 0 aliphatic carbocycles. The van der Waals surface area contributed by atoms with E-state index in [9.17, 15) is 27.5 Å². The van der Waals surface area contributed by atoms with Crippen LogP contribution in [0.15, 0.2) is 65.1 Å². The van der Waals surface area contributed by atoms with Crippen molar-refractivity contribution >= 4 is 32.6 Å². The van der Waals surface area contributed by atoms with Gasteiger partial charge in [0, 0.05) is 31.9 Å². The summed E-state index contributed by atoms with van der Waals surface area (Å²) in [6.07, 6.45) is 2.46. The summed E-state index contributed by atoms with van der Waals surface area (Å²) in [7, 11) is -4.04. The molecule has 1 aliphatic heterocycles. The highest BCUT2D eigenvalue weighted by Gasteiger charge is 2.32. The molecule has 43 heavy (non-hydrogen) atoms. The van der Waals surface area contributed by atoms with E-state index < -0.39 is 54.4 Å². The minimum Gasteiger partial charge on any atom is -0.507 e. The largest absolute Gasteiger partial charge is 0.507 e. The second kappa shape index (κ2) is 11.2. The average Bonchev–Trinajstić information content (AvgIpc) is 2.96. The number of piperazine rings is 1. The number of sulfone groups is 1. The van der Waals surface area contributed by atoms with Gasteiger partial charge in [-0.05, 0) is 57.2 Å². The van der Waals surface area contributed by atoms with Crippen LogP contribution in [0, 0.1) is 11.6 Å². The molecule has 1 aromatic carbocycles. The Kier molecular flexibility index (Phi) is 7.73. The molecule has 1 atom stereocenters. The maximum absolute atomic E-state index is 15.8. The minimum absolute atomic E-state index is 0.0174. The molecule has 14 heteroatoms. The monoisotopic (exact) mass is 610 g/mol. The van der Waals surface area contributed by atoms with Crippen molar-refractivity contribution in [1.29, 1.82) is 0 Å². The van der Waals surface area contributed by atoms with Crippen LogP contribution in [-0.4, -0.2) is 74.8 Å². The Balaban J connectivity index is 1.84. The van der Waals surface area contributed by atoms with Gasteiger partial charge < -0.3 is 14.9 Å². The van der Waals surface area contributed by atoms with Gasteiger partial charge >= 0.3 is 5.69 Å². The molecule has 0 unspecified atom stereocenters. The number of hydrogen-bond acceptors (Lipinski definition) is 9. The van der Waals surface area contributed by atoms with Crippen molar-refractivity contribution in [3.05, 3.63) is 77.4 Å². The fraction of sp³-hybridized carbons (Fsp3) is 0.276. The van der Waals surface area contributed by atoms with Crippen LogP contribution >= 0.6 is 0 Å². The molecule has 1 amide bonds. The number of rotatable bonds is 6. The molecule has 5 rings (SSSR count). The lowest BCUT2D eigenvalue weighted by atomic mass is 10.1. The molecule has 0 spiro atoms. The minimum atomic E-state index is -4.04. The van der Waals surface area contributed by atoms with Crippen molar-refractivity contribution in [3.63, 3.8) is 0 Å². The van der Waals surface area contributed by atoms with E-state index in [1.54, 1.807) is 16.7 Å². The Morgan fingerprint density at radius 1 is 1.14 bits per heavy atom. The van der Waals surface area contributed by atoms with Crippen molar-refractivity contribution in [2.75, 3.05) is 24.5 Å². The van der Waals surface area contributed by atoms with Gasteiger partial charge in [0.15, 0.2) is 26.3 Å². The van der Waals surface area contributed by atoms with Crippen LogP contribution in [0.4, 0.5) is 14.6 Å². The molecule has 0 bridgehead atoms. The summed E-state index contributed by atoms with van der Waals surface area (Å²) in [5.41, 5.74) is -2.50. The smallest absolute Gasteiger partial charge is 0.355 e. The molecule has 1 saturated heterocycles. The van der Waals surface area contributed by atoms with Gasteiger partial charge in [-0.15, -0.1) is 0 Å². The fourth-order valence-electron chi connectivity index (χ4n) is 5.06. The second-order valence-electron chi connectivity index (χ2n) is 10.3. The highest BCUT2D eigenvalue weighted by molar-refractivity contribution is 7.92. The number of carbonyl (C=O) groups excluding carboxylic acids is 1. The van der Waals surface area contributed by atoms with Gasteiger partial charge in [0.25, 0.3) is 0 Å². The molecule has 4 heterocycles. The molecule has 0 radical (unpaired) electrons. The summed E-state index contributed by atoms with van der Waals surface area (Å²) in [5.74, 6) is -2.79. The quantitative estimate of drug-likeness (QED) is 0.326. The molecule has 224 valence electrons. The second-order valence-corrected chi connectivity index (χ2v) is 12.7. The lowest BCUT2D eigenvalue weighted by molar-refractivity contribution is -0.126. The van der Waals surface area contributed by atoms with Crippen molar-refractivity contribution in [3.8, 4) is 22.7 Å². The number of benzene rings is 1. The topological polar surface area (TPSA) is 139 Å². The van der Waals surface area contributed by atoms with Crippen LogP contribution in [0.3, 0.4) is 0 Å². The van der Waals surface area contributed by atoms with Crippen molar-refractivity contribution in [2.24, 2.45) is 0 Å². The van der Waals surface area contributed by atoms with Crippen LogP contribution in [-0.2, 0) is 14.6 Å². The predicted molar refractivity (Wildman–Crippen MR) is 156 cm³/mol. The molecule has 4 aromatic rings. The molecule has 1 fully saturated rings. The van der Waals surface area contributed by atoms with E-state index in [4.69, 9.17) is 0 Å². The van der Waals surface area contributed by atoms with Gasteiger partial charge in [0.2, 0.25) is 5.91 Å². The summed E-state index contributed by atoms with van der Waals surface area (Å²) >= 11 is 0. The number of pyridine rings is 2. The van der Waals surface area contributed by atoms with E-state index in [0.717, 1.165) is 22.8 Å². The molecule has 1 aliphatic rings. The first-order valence-corrected chi connectivity index (χ1v) is 14.9. The summed E-state index contributed by atoms with van der Waals surface area (Å²) in [5, 5.41) is 9.11. The number of halogens is 2. The number of phenols is 1. The van der Waals surface area contributed by atoms with Crippen LogP contribution in [0.25, 0.3) is 28.0 Å². The first kappa shape index (κ1) is 29.8. The van der Waals surface area contributed by atoms with Crippen LogP contribution in [0.1, 0.15) is 20.8 Å². The Hall–Kier alpha value is -4.72. The zero-order valence-electron chi connectivity index (χ0n) is 23.5. The van der Waals surface area contributed by atoms with E-state index in [1.807, 2.05) is 0 Å². The number of aromatic hydroxyl groups is 1. The van der Waals surface area contributed by atoms with Gasteiger partial charge in [-0.3, -0.25) is 4.79 Å². The van der Waals surface area contributed by atoms with E-state index >= 15 is 4.39 Å². The third-order valence-corrected chi connectivity index (χ3v) is 9.39. The Morgan fingerprint density at radius 3 is 2.53 bits per heavy atom. The fourth-order valence-corrected chi connectivity index (χ4v) is 6.17. The van der Waals surface area contributed by atoms with Crippen molar-refractivity contribution < 1.29 is 27.1 Å². The van der Waals surface area contributed by atoms with Gasteiger partial charge in [0.05, 0.1) is 21.9 Å². The third kappa shape index (κ3) is 5.11. The third-order valence-electron chi connectivity index (χ3n) is 7.30. The lowest BCUT2D eigenvalue weighted by Gasteiger charge is -2.40. The predicted octanol–water partition coefficient (Wildman–Crippen LogP) is 3.23. The molecule has 1 N–H and O–H groups in total. The summed E-state index contributed by atoms with van der Waals surface area (Å²) < 4.78 is 58.1. The number of fused-ring (bicyclic) bond motifs is 1. The first-order chi connectivity index (χ1) is 20.4. The highest BCUT2D eigenvalue weighted by atomic mass is 32.2. The standard InChI is InChI=1S/C29H28F2N6O5S/c1-5-23(39)35-12-13-36(17(4)15-35)26-18-14-20(31)25(24-19(30)8-6-10-22(24)38)33-27(18)37(29(40)34-26)21-9-7-11-32-28(21)43(41,42)16(2)3/h5-11,14,16-17,38H,1,12-13,15H2,2-4H3/t17-/m0/s1. The lowest BCUT2D eigenvalue weighted by Crippen LogP contribution is -2.54. The maximum Gasteiger partial charge on any atom is 0.355 e. The number of phenolic OH excluding ortho intramolecular Hbond substituents is 1. The Morgan fingerprint density at radius 2 is 1.88 bits per heavy atom. The Bertz CT molecular complexity index is 1930. The van der Waals surface area contributed by atoms with E-state index in [2.05, 4.69) is 21.5 Å². The van der Waals surface area contributed by atoms with Crippen LogP contribution in [0.5, 0.6) is 5.75 Å². The van der Waals surface area contributed by atoms with Crippen LogP contribution in [0.2, 0.25) is 0 Å². The summed E-state index contributed by atoms with van der Waals surface area (Å²) in [6.45, 7) is 8.98. The molecule has 0 saturated carbocycles. The Labute approximate surface area is 245 Å². The molecule has 11 nitrogen and oxygen atoms in total. The van der Waals surface area contributed by atoms with Crippen molar-refractivity contribution in [1.82, 2.24) is 24.4 Å². The zero-order chi connectivity index (χ0) is 31.2. The average molecular weight is 611 g/mol. The zero-order valence-corrected chi connectivity index (χ0v) is 24.3.